The highest BCUT2D eigenvalue weighted by atomic mass is 16.3. The molecule has 94 valence electrons. The summed E-state index contributed by atoms with van der Waals surface area (Å²) in [5.41, 5.74) is 0.890. The van der Waals surface area contributed by atoms with Crippen LogP contribution in [0.5, 0.6) is 0 Å². The summed E-state index contributed by atoms with van der Waals surface area (Å²) >= 11 is 0. The summed E-state index contributed by atoms with van der Waals surface area (Å²) in [6, 6.07) is 6.77. The molecule has 4 nitrogen and oxygen atoms in total. The van der Waals surface area contributed by atoms with Crippen molar-refractivity contribution in [3.8, 4) is 0 Å². The van der Waals surface area contributed by atoms with Gasteiger partial charge in [0, 0.05) is 6.54 Å². The van der Waals surface area contributed by atoms with Gasteiger partial charge in [-0.2, -0.15) is 0 Å². The van der Waals surface area contributed by atoms with Crippen molar-refractivity contribution < 1.29 is 14.7 Å². The van der Waals surface area contributed by atoms with E-state index in [-0.39, 0.29) is 18.4 Å². The number of carbonyl (C=O) groups is 2. The fourth-order valence-electron chi connectivity index (χ4n) is 2.03. The van der Waals surface area contributed by atoms with Gasteiger partial charge in [0.1, 0.15) is 0 Å². The second-order valence-corrected chi connectivity index (χ2v) is 4.27. The summed E-state index contributed by atoms with van der Waals surface area (Å²) in [4.78, 5) is 25.2. The molecule has 0 saturated heterocycles. The number of fused-ring (bicyclic) bond motifs is 1. The third-order valence-electron chi connectivity index (χ3n) is 3.00. The van der Waals surface area contributed by atoms with E-state index in [0.29, 0.717) is 24.0 Å². The first-order valence-corrected chi connectivity index (χ1v) is 5.89. The predicted octanol–water partition coefficient (Wildman–Crippen LogP) is 1.61. The predicted molar refractivity (Wildman–Crippen MR) is 67.2 cm³/mol. The van der Waals surface area contributed by atoms with Gasteiger partial charge in [0.15, 0.2) is 0 Å². The molecule has 0 aromatic heterocycles. The Kier molecular flexibility index (Phi) is 3.58. The molecule has 0 saturated carbocycles. The topological polar surface area (TPSA) is 57.6 Å². The molecule has 0 aliphatic carbocycles. The van der Waals surface area contributed by atoms with Crippen molar-refractivity contribution in [1.82, 2.24) is 4.90 Å². The maximum absolute atomic E-state index is 12.0. The van der Waals surface area contributed by atoms with E-state index in [1.54, 1.807) is 30.3 Å². The highest BCUT2D eigenvalue weighted by molar-refractivity contribution is 6.21. The maximum atomic E-state index is 12.0. The average molecular weight is 245 g/mol. The van der Waals surface area contributed by atoms with Crippen LogP contribution in [0.25, 0.3) is 0 Å². The molecule has 1 N–H and O–H groups in total. The van der Waals surface area contributed by atoms with Gasteiger partial charge in [0.05, 0.1) is 17.2 Å². The Balaban J connectivity index is 2.07. The van der Waals surface area contributed by atoms with E-state index in [9.17, 15) is 14.7 Å². The minimum atomic E-state index is -0.563. The van der Waals surface area contributed by atoms with Gasteiger partial charge < -0.3 is 5.11 Å². The number of benzene rings is 1. The monoisotopic (exact) mass is 245 g/mol. The molecule has 2 rings (SSSR count). The van der Waals surface area contributed by atoms with Crippen LogP contribution in [0.3, 0.4) is 0 Å². The van der Waals surface area contributed by atoms with Crippen molar-refractivity contribution in [2.75, 3.05) is 6.54 Å². The summed E-state index contributed by atoms with van der Waals surface area (Å²) in [7, 11) is 0. The van der Waals surface area contributed by atoms with E-state index in [2.05, 4.69) is 6.58 Å². The molecule has 1 heterocycles. The van der Waals surface area contributed by atoms with E-state index in [4.69, 9.17) is 0 Å². The summed E-state index contributed by atoms with van der Waals surface area (Å²) in [5, 5.41) is 9.58. The van der Waals surface area contributed by atoms with Crippen LogP contribution in [0.15, 0.2) is 36.9 Å². The number of rotatable bonds is 5. The Bertz CT molecular complexity index is 461. The van der Waals surface area contributed by atoms with Crippen LogP contribution in [0, 0.1) is 0 Å². The maximum Gasteiger partial charge on any atom is 0.261 e. The van der Waals surface area contributed by atoms with Gasteiger partial charge in [-0.1, -0.05) is 18.2 Å². The lowest BCUT2D eigenvalue weighted by Gasteiger charge is -2.15. The fourth-order valence-corrected chi connectivity index (χ4v) is 2.03. The first kappa shape index (κ1) is 12.5. The Morgan fingerprint density at radius 1 is 1.22 bits per heavy atom. The summed E-state index contributed by atoms with van der Waals surface area (Å²) in [6.45, 7) is 3.77. The molecule has 0 bridgehead atoms. The van der Waals surface area contributed by atoms with Crippen LogP contribution in [0.2, 0.25) is 0 Å². The van der Waals surface area contributed by atoms with E-state index in [0.717, 1.165) is 0 Å². The quantitative estimate of drug-likeness (QED) is 0.633. The first-order valence-electron chi connectivity index (χ1n) is 5.89. The molecular formula is C14H15NO3. The molecule has 1 aromatic carbocycles. The van der Waals surface area contributed by atoms with Gasteiger partial charge >= 0.3 is 0 Å². The lowest BCUT2D eigenvalue weighted by Crippen LogP contribution is -2.32. The fraction of sp³-hybridized carbons (Fsp3) is 0.286. The zero-order chi connectivity index (χ0) is 13.1. The molecule has 0 spiro atoms. The van der Waals surface area contributed by atoms with Crippen LogP contribution < -0.4 is 0 Å². The standard InChI is InChI=1S/C14H15NO3/c1-2-5-10(16)8-9-15-13(17)11-6-3-4-7-12(11)14(15)18/h2-4,6-7,10,16H,1,5,8-9H2/t10-/m1/s1. The Hall–Kier alpha value is -1.94. The molecule has 2 amide bonds. The smallest absolute Gasteiger partial charge is 0.261 e. The average Bonchev–Trinajstić information content (AvgIpc) is 2.61. The molecule has 1 atom stereocenters. The molecule has 1 aliphatic heterocycles. The van der Waals surface area contributed by atoms with Crippen LogP contribution in [0.1, 0.15) is 33.6 Å². The van der Waals surface area contributed by atoms with Crippen molar-refractivity contribution in [2.24, 2.45) is 0 Å². The van der Waals surface area contributed by atoms with Gasteiger partial charge in [0.2, 0.25) is 0 Å². The third-order valence-corrected chi connectivity index (χ3v) is 3.00. The van der Waals surface area contributed by atoms with Crippen molar-refractivity contribution in [3.63, 3.8) is 0 Å². The number of imide groups is 1. The number of aliphatic hydroxyl groups excluding tert-OH is 1. The third kappa shape index (κ3) is 2.19. The van der Waals surface area contributed by atoms with Crippen molar-refractivity contribution in [1.29, 1.82) is 0 Å². The van der Waals surface area contributed by atoms with E-state index in [1.165, 1.54) is 4.90 Å². The molecular weight excluding hydrogens is 230 g/mol. The first-order chi connectivity index (χ1) is 8.65. The van der Waals surface area contributed by atoms with Gasteiger partial charge in [0.25, 0.3) is 11.8 Å². The number of amides is 2. The molecule has 1 aromatic rings. The van der Waals surface area contributed by atoms with Gasteiger partial charge in [-0.05, 0) is 25.0 Å². The summed E-state index contributed by atoms with van der Waals surface area (Å²) < 4.78 is 0. The molecule has 4 heteroatoms. The zero-order valence-electron chi connectivity index (χ0n) is 10.0. The van der Waals surface area contributed by atoms with Crippen LogP contribution in [0.4, 0.5) is 0 Å². The van der Waals surface area contributed by atoms with E-state index in [1.807, 2.05) is 0 Å². The molecule has 0 radical (unpaired) electrons. The largest absolute Gasteiger partial charge is 0.393 e. The Labute approximate surface area is 106 Å². The second-order valence-electron chi connectivity index (χ2n) is 4.27. The number of hydrogen-bond donors (Lipinski definition) is 1. The summed E-state index contributed by atoms with van der Waals surface area (Å²) in [5.74, 6) is -0.553. The number of carbonyl (C=O) groups excluding carboxylic acids is 2. The number of nitrogens with zero attached hydrogens (tertiary/aromatic N) is 1. The lowest BCUT2D eigenvalue weighted by molar-refractivity contribution is 0.0624. The van der Waals surface area contributed by atoms with Crippen LogP contribution >= 0.6 is 0 Å². The van der Waals surface area contributed by atoms with Crippen LogP contribution in [-0.2, 0) is 0 Å². The van der Waals surface area contributed by atoms with Crippen molar-refractivity contribution in [3.05, 3.63) is 48.0 Å². The second kappa shape index (κ2) is 5.14. The van der Waals surface area contributed by atoms with Gasteiger partial charge in [-0.15, -0.1) is 6.58 Å². The van der Waals surface area contributed by atoms with Crippen molar-refractivity contribution in [2.45, 2.75) is 18.9 Å². The Morgan fingerprint density at radius 2 is 1.78 bits per heavy atom. The number of hydrogen-bond acceptors (Lipinski definition) is 3. The number of aliphatic hydroxyl groups is 1. The lowest BCUT2D eigenvalue weighted by atomic mass is 10.1. The SMILES string of the molecule is C=CC[C@@H](O)CCN1C(=O)c2ccccc2C1=O. The molecule has 1 aliphatic rings. The highest BCUT2D eigenvalue weighted by Crippen LogP contribution is 2.22. The van der Waals surface area contributed by atoms with E-state index < -0.39 is 6.10 Å². The van der Waals surface area contributed by atoms with Gasteiger partial charge in [-0.25, -0.2) is 0 Å². The zero-order valence-corrected chi connectivity index (χ0v) is 10.0. The van der Waals surface area contributed by atoms with Crippen molar-refractivity contribution >= 4 is 11.8 Å². The van der Waals surface area contributed by atoms with E-state index >= 15 is 0 Å². The molecule has 18 heavy (non-hydrogen) atoms. The minimum Gasteiger partial charge on any atom is -0.393 e. The Morgan fingerprint density at radius 3 is 2.28 bits per heavy atom. The molecule has 0 unspecified atom stereocenters. The summed E-state index contributed by atoms with van der Waals surface area (Å²) in [6.07, 6.45) is 1.89. The van der Waals surface area contributed by atoms with Gasteiger partial charge in [-0.3, -0.25) is 14.5 Å². The highest BCUT2D eigenvalue weighted by Gasteiger charge is 2.34. The normalized spacial score (nSPS) is 15.7. The van der Waals surface area contributed by atoms with Crippen LogP contribution in [-0.4, -0.2) is 34.5 Å². The molecule has 0 fully saturated rings. The minimum absolute atomic E-state index is 0.237.